The van der Waals surface area contributed by atoms with Gasteiger partial charge in [-0.1, -0.05) is 6.07 Å². The summed E-state index contributed by atoms with van der Waals surface area (Å²) in [5, 5.41) is 9.00. The van der Waals surface area contributed by atoms with Crippen molar-refractivity contribution in [2.75, 3.05) is 20.3 Å². The summed E-state index contributed by atoms with van der Waals surface area (Å²) in [7, 11) is 1.59. The zero-order valence-electron chi connectivity index (χ0n) is 8.60. The average molecular weight is 210 g/mol. The van der Waals surface area contributed by atoms with Crippen molar-refractivity contribution in [1.29, 1.82) is 0 Å². The normalized spacial score (nSPS) is 16.9. The highest BCUT2D eigenvalue weighted by molar-refractivity contribution is 5.38. The highest BCUT2D eigenvalue weighted by atomic mass is 16.7. The Morgan fingerprint density at radius 3 is 2.73 bits per heavy atom. The summed E-state index contributed by atoms with van der Waals surface area (Å²) in [5.74, 6) is 0.688. The first-order chi connectivity index (χ1) is 7.35. The van der Waals surface area contributed by atoms with E-state index in [1.165, 1.54) is 0 Å². The molecule has 1 aromatic rings. The third-order valence-corrected chi connectivity index (χ3v) is 2.36. The van der Waals surface area contributed by atoms with Gasteiger partial charge in [-0.2, -0.15) is 0 Å². The molecule has 1 aromatic carbocycles. The zero-order chi connectivity index (χ0) is 10.7. The van der Waals surface area contributed by atoms with Crippen LogP contribution in [0.3, 0.4) is 0 Å². The molecule has 0 atom stereocenters. The molecule has 1 N–H and O–H groups in total. The van der Waals surface area contributed by atoms with Gasteiger partial charge in [-0.25, -0.2) is 0 Å². The summed E-state index contributed by atoms with van der Waals surface area (Å²) < 4.78 is 16.0. The second-order valence-corrected chi connectivity index (χ2v) is 3.31. The van der Waals surface area contributed by atoms with E-state index in [1.807, 2.05) is 12.1 Å². The monoisotopic (exact) mass is 210 g/mol. The van der Waals surface area contributed by atoms with Crippen LogP contribution in [0.25, 0.3) is 0 Å². The minimum Gasteiger partial charge on any atom is -0.496 e. The van der Waals surface area contributed by atoms with Gasteiger partial charge in [-0.15, -0.1) is 0 Å². The Kier molecular flexibility index (Phi) is 3.20. The minimum atomic E-state index is -0.340. The lowest BCUT2D eigenvalue weighted by molar-refractivity contribution is -0.0455. The molecule has 0 unspecified atom stereocenters. The Balaban J connectivity index is 2.29. The molecule has 0 amide bonds. The molecule has 1 fully saturated rings. The van der Waals surface area contributed by atoms with E-state index in [-0.39, 0.29) is 12.9 Å². The summed E-state index contributed by atoms with van der Waals surface area (Å²) in [4.78, 5) is 0. The highest BCUT2D eigenvalue weighted by Gasteiger charge is 2.21. The van der Waals surface area contributed by atoms with E-state index in [0.29, 0.717) is 19.0 Å². The van der Waals surface area contributed by atoms with Crippen LogP contribution in [-0.4, -0.2) is 25.4 Å². The van der Waals surface area contributed by atoms with E-state index in [1.54, 1.807) is 13.2 Å². The summed E-state index contributed by atoms with van der Waals surface area (Å²) >= 11 is 0. The summed E-state index contributed by atoms with van der Waals surface area (Å²) in [5.41, 5.74) is 1.68. The lowest BCUT2D eigenvalue weighted by Crippen LogP contribution is -2.02. The van der Waals surface area contributed by atoms with Crippen LogP contribution >= 0.6 is 0 Å². The molecule has 2 rings (SSSR count). The number of benzene rings is 1. The number of aliphatic hydroxyl groups excluding tert-OH is 1. The first-order valence-corrected chi connectivity index (χ1v) is 4.86. The van der Waals surface area contributed by atoms with Crippen molar-refractivity contribution >= 4 is 0 Å². The van der Waals surface area contributed by atoms with Crippen molar-refractivity contribution in [3.05, 3.63) is 29.3 Å². The lowest BCUT2D eigenvalue weighted by Gasteiger charge is -2.14. The van der Waals surface area contributed by atoms with E-state index in [4.69, 9.17) is 19.3 Å². The van der Waals surface area contributed by atoms with E-state index in [2.05, 4.69) is 0 Å². The van der Waals surface area contributed by atoms with Crippen LogP contribution < -0.4 is 4.74 Å². The molecule has 1 saturated heterocycles. The third-order valence-electron chi connectivity index (χ3n) is 2.36. The number of methoxy groups -OCH3 is 1. The van der Waals surface area contributed by atoms with E-state index < -0.39 is 0 Å². The van der Waals surface area contributed by atoms with Crippen LogP contribution in [0.15, 0.2) is 18.2 Å². The fraction of sp³-hybridized carbons (Fsp3) is 0.455. The molecule has 1 heterocycles. The molecule has 4 nitrogen and oxygen atoms in total. The number of ether oxygens (including phenoxy) is 3. The van der Waals surface area contributed by atoms with Gasteiger partial charge in [0.25, 0.3) is 0 Å². The van der Waals surface area contributed by atoms with Crippen molar-refractivity contribution in [3.8, 4) is 5.75 Å². The SMILES string of the molecule is COc1cc(CO)ccc1C1OCCO1. The molecule has 0 saturated carbocycles. The van der Waals surface area contributed by atoms with Gasteiger partial charge < -0.3 is 19.3 Å². The number of hydrogen-bond acceptors (Lipinski definition) is 4. The lowest BCUT2D eigenvalue weighted by atomic mass is 10.1. The molecule has 0 aliphatic carbocycles. The Morgan fingerprint density at radius 1 is 1.40 bits per heavy atom. The molecule has 1 aliphatic heterocycles. The van der Waals surface area contributed by atoms with E-state index in [9.17, 15) is 0 Å². The summed E-state index contributed by atoms with van der Waals surface area (Å²) in [6.07, 6.45) is -0.340. The van der Waals surface area contributed by atoms with Gasteiger partial charge in [-0.05, 0) is 17.7 Å². The van der Waals surface area contributed by atoms with Gasteiger partial charge in [0, 0.05) is 5.56 Å². The topological polar surface area (TPSA) is 47.9 Å². The summed E-state index contributed by atoms with van der Waals surface area (Å²) in [6, 6.07) is 5.49. The van der Waals surface area contributed by atoms with Crippen molar-refractivity contribution in [3.63, 3.8) is 0 Å². The number of hydrogen-bond donors (Lipinski definition) is 1. The first-order valence-electron chi connectivity index (χ1n) is 4.86. The molecule has 0 aromatic heterocycles. The zero-order valence-corrected chi connectivity index (χ0v) is 8.60. The minimum absolute atomic E-state index is 0.00300. The van der Waals surface area contributed by atoms with Gasteiger partial charge in [-0.3, -0.25) is 0 Å². The van der Waals surface area contributed by atoms with Gasteiger partial charge in [0.1, 0.15) is 5.75 Å². The van der Waals surface area contributed by atoms with Crippen molar-refractivity contribution in [2.24, 2.45) is 0 Å². The van der Waals surface area contributed by atoms with Crippen LogP contribution in [0, 0.1) is 0 Å². The Hall–Kier alpha value is -1.10. The maximum Gasteiger partial charge on any atom is 0.187 e. The Morgan fingerprint density at radius 2 is 2.13 bits per heavy atom. The molecule has 82 valence electrons. The maximum absolute atomic E-state index is 9.00. The molecule has 0 bridgehead atoms. The second-order valence-electron chi connectivity index (χ2n) is 3.31. The fourth-order valence-electron chi connectivity index (χ4n) is 1.59. The van der Waals surface area contributed by atoms with Crippen LogP contribution in [0.2, 0.25) is 0 Å². The Bertz CT molecular complexity index is 331. The molecular formula is C11H14O4. The van der Waals surface area contributed by atoms with Crippen LogP contribution in [0.5, 0.6) is 5.75 Å². The molecule has 4 heteroatoms. The molecule has 15 heavy (non-hydrogen) atoms. The van der Waals surface area contributed by atoms with Crippen LogP contribution in [0.4, 0.5) is 0 Å². The molecule has 1 aliphatic rings. The van der Waals surface area contributed by atoms with E-state index >= 15 is 0 Å². The first kappa shape index (κ1) is 10.4. The maximum atomic E-state index is 9.00. The number of aliphatic hydroxyl groups is 1. The van der Waals surface area contributed by atoms with Crippen LogP contribution in [-0.2, 0) is 16.1 Å². The average Bonchev–Trinajstić information content (AvgIpc) is 2.81. The van der Waals surface area contributed by atoms with Gasteiger partial charge >= 0.3 is 0 Å². The van der Waals surface area contributed by atoms with Crippen molar-refractivity contribution in [1.82, 2.24) is 0 Å². The highest BCUT2D eigenvalue weighted by Crippen LogP contribution is 2.31. The van der Waals surface area contributed by atoms with Gasteiger partial charge in [0.2, 0.25) is 0 Å². The molecule has 0 spiro atoms. The molecular weight excluding hydrogens is 196 g/mol. The summed E-state index contributed by atoms with van der Waals surface area (Å²) in [6.45, 7) is 1.22. The second kappa shape index (κ2) is 4.61. The largest absolute Gasteiger partial charge is 0.496 e. The van der Waals surface area contributed by atoms with Gasteiger partial charge in [0.15, 0.2) is 6.29 Å². The third kappa shape index (κ3) is 2.12. The quantitative estimate of drug-likeness (QED) is 0.815. The standard InChI is InChI=1S/C11H14O4/c1-13-10-6-8(7-12)2-3-9(10)11-14-4-5-15-11/h2-3,6,11-12H,4-5,7H2,1H3. The van der Waals surface area contributed by atoms with Crippen molar-refractivity contribution in [2.45, 2.75) is 12.9 Å². The van der Waals surface area contributed by atoms with Crippen LogP contribution in [0.1, 0.15) is 17.4 Å². The number of rotatable bonds is 3. The van der Waals surface area contributed by atoms with Gasteiger partial charge in [0.05, 0.1) is 26.9 Å². The van der Waals surface area contributed by atoms with E-state index in [0.717, 1.165) is 11.1 Å². The predicted molar refractivity (Wildman–Crippen MR) is 53.6 cm³/mol. The Labute approximate surface area is 88.4 Å². The fourth-order valence-corrected chi connectivity index (χ4v) is 1.59. The molecule has 0 radical (unpaired) electrons. The smallest absolute Gasteiger partial charge is 0.187 e. The predicted octanol–water partition coefficient (Wildman–Crippen LogP) is 1.23. The van der Waals surface area contributed by atoms with Crippen molar-refractivity contribution < 1.29 is 19.3 Å².